The van der Waals surface area contributed by atoms with E-state index in [1.54, 1.807) is 30.9 Å². The lowest BCUT2D eigenvalue weighted by Crippen LogP contribution is -2.40. The zero-order valence-corrected chi connectivity index (χ0v) is 15.1. The maximum atomic E-state index is 12.6. The van der Waals surface area contributed by atoms with Crippen molar-refractivity contribution in [2.75, 3.05) is 6.61 Å². The molecule has 1 aromatic carbocycles. The highest BCUT2D eigenvalue weighted by molar-refractivity contribution is 8.15. The van der Waals surface area contributed by atoms with Gasteiger partial charge in [0, 0.05) is 5.02 Å². The Labute approximate surface area is 149 Å². The normalized spacial score (nSPS) is 23.2. The molecule has 126 valence electrons. The van der Waals surface area contributed by atoms with E-state index in [0.29, 0.717) is 21.5 Å². The molecule has 0 unspecified atom stereocenters. The number of hydrogen-bond acceptors (Lipinski definition) is 5. The minimum Gasteiger partial charge on any atom is -0.463 e. The molecule has 0 bridgehead atoms. The Bertz CT molecular complexity index is 758. The molecule has 2 heterocycles. The number of rotatable bonds is 3. The topological polar surface area (TPSA) is 59.0 Å². The number of carbonyl (C=O) groups excluding carboxylic acids is 2. The van der Waals surface area contributed by atoms with Crippen molar-refractivity contribution in [1.82, 2.24) is 4.90 Å². The van der Waals surface area contributed by atoms with E-state index in [1.807, 2.05) is 19.1 Å². The molecular weight excluding hydrogens is 348 g/mol. The fraction of sp³-hybridized carbons (Fsp3) is 0.353. The molecule has 0 aliphatic carbocycles. The summed E-state index contributed by atoms with van der Waals surface area (Å²) in [6.07, 6.45) is 0. The second kappa shape index (κ2) is 6.61. The van der Waals surface area contributed by atoms with Crippen LogP contribution in [0, 0.1) is 0 Å². The molecule has 1 fully saturated rings. The summed E-state index contributed by atoms with van der Waals surface area (Å²) in [5, 5.41) is 0.989. The SMILES string of the molecule is CCOC(=O)C1=C(C)N=C2S[C@H](C)C(=O)N2[C@@H]1c1ccc(Cl)cc1. The number of amides is 1. The number of amidine groups is 1. The first-order chi connectivity index (χ1) is 11.4. The van der Waals surface area contributed by atoms with Crippen LogP contribution >= 0.6 is 23.4 Å². The molecule has 7 heteroatoms. The van der Waals surface area contributed by atoms with Crippen molar-refractivity contribution in [2.24, 2.45) is 4.99 Å². The summed E-state index contributed by atoms with van der Waals surface area (Å²) in [6, 6.07) is 6.60. The van der Waals surface area contributed by atoms with Gasteiger partial charge in [-0.05, 0) is 38.5 Å². The van der Waals surface area contributed by atoms with Crippen LogP contribution in [0.2, 0.25) is 5.02 Å². The van der Waals surface area contributed by atoms with Gasteiger partial charge >= 0.3 is 5.97 Å². The predicted molar refractivity (Wildman–Crippen MR) is 94.9 cm³/mol. The van der Waals surface area contributed by atoms with Crippen molar-refractivity contribution < 1.29 is 14.3 Å². The van der Waals surface area contributed by atoms with Crippen LogP contribution < -0.4 is 0 Å². The molecule has 1 aromatic rings. The summed E-state index contributed by atoms with van der Waals surface area (Å²) in [5.74, 6) is -0.511. The average molecular weight is 365 g/mol. The van der Waals surface area contributed by atoms with Gasteiger partial charge in [0.15, 0.2) is 5.17 Å². The standard InChI is InChI=1S/C17H17ClN2O3S/c1-4-23-16(22)13-9(2)19-17-20(15(21)10(3)24-17)14(13)11-5-7-12(18)8-6-11/h5-8,10,14H,4H2,1-3H3/t10-,14-/m1/s1. The number of halogens is 1. The molecule has 1 amide bonds. The van der Waals surface area contributed by atoms with Crippen molar-refractivity contribution in [2.45, 2.75) is 32.1 Å². The number of allylic oxidation sites excluding steroid dienone is 1. The number of benzene rings is 1. The van der Waals surface area contributed by atoms with Crippen molar-refractivity contribution in [3.05, 3.63) is 46.1 Å². The van der Waals surface area contributed by atoms with Crippen molar-refractivity contribution >= 4 is 40.4 Å². The second-order valence-electron chi connectivity index (χ2n) is 5.54. The first-order valence-corrected chi connectivity index (χ1v) is 8.91. The van der Waals surface area contributed by atoms with E-state index in [1.165, 1.54) is 11.8 Å². The fourth-order valence-electron chi connectivity index (χ4n) is 2.83. The van der Waals surface area contributed by atoms with E-state index in [9.17, 15) is 9.59 Å². The van der Waals surface area contributed by atoms with Gasteiger partial charge in [-0.3, -0.25) is 9.69 Å². The van der Waals surface area contributed by atoms with Crippen molar-refractivity contribution in [1.29, 1.82) is 0 Å². The molecule has 0 saturated carbocycles. The summed E-state index contributed by atoms with van der Waals surface area (Å²) >= 11 is 7.38. The number of aliphatic imine (C=N–C) groups is 1. The van der Waals surface area contributed by atoms with Gasteiger partial charge in [-0.1, -0.05) is 35.5 Å². The predicted octanol–water partition coefficient (Wildman–Crippen LogP) is 3.55. The molecular formula is C17H17ClN2O3S. The van der Waals surface area contributed by atoms with E-state index < -0.39 is 12.0 Å². The number of carbonyl (C=O) groups is 2. The van der Waals surface area contributed by atoms with Gasteiger partial charge in [0.2, 0.25) is 5.91 Å². The van der Waals surface area contributed by atoms with E-state index in [-0.39, 0.29) is 17.8 Å². The van der Waals surface area contributed by atoms with Crippen LogP contribution in [0.1, 0.15) is 32.4 Å². The molecule has 3 rings (SSSR count). The van der Waals surface area contributed by atoms with Crippen molar-refractivity contribution in [3.63, 3.8) is 0 Å². The minimum atomic E-state index is -0.543. The van der Waals surface area contributed by atoms with Gasteiger partial charge < -0.3 is 4.74 Å². The first-order valence-electron chi connectivity index (χ1n) is 7.65. The lowest BCUT2D eigenvalue weighted by Gasteiger charge is -2.33. The van der Waals surface area contributed by atoms with Gasteiger partial charge in [-0.2, -0.15) is 0 Å². The van der Waals surface area contributed by atoms with Crippen LogP contribution in [-0.2, 0) is 14.3 Å². The zero-order chi connectivity index (χ0) is 17.4. The Morgan fingerprint density at radius 1 is 1.38 bits per heavy atom. The largest absolute Gasteiger partial charge is 0.463 e. The van der Waals surface area contributed by atoms with Crippen LogP contribution in [-0.4, -0.2) is 33.8 Å². The highest BCUT2D eigenvalue weighted by Crippen LogP contribution is 2.43. The van der Waals surface area contributed by atoms with Crippen LogP contribution in [0.5, 0.6) is 0 Å². The maximum absolute atomic E-state index is 12.6. The van der Waals surface area contributed by atoms with Crippen LogP contribution in [0.25, 0.3) is 0 Å². The average Bonchev–Trinajstić information content (AvgIpc) is 2.81. The fourth-order valence-corrected chi connectivity index (χ4v) is 3.99. The van der Waals surface area contributed by atoms with E-state index >= 15 is 0 Å². The maximum Gasteiger partial charge on any atom is 0.338 e. The summed E-state index contributed by atoms with van der Waals surface area (Å²) in [4.78, 5) is 31.2. The van der Waals surface area contributed by atoms with Crippen LogP contribution in [0.15, 0.2) is 40.5 Å². The Balaban J connectivity index is 2.14. The van der Waals surface area contributed by atoms with Crippen molar-refractivity contribution in [3.8, 4) is 0 Å². The summed E-state index contributed by atoms with van der Waals surface area (Å²) < 4.78 is 5.20. The quantitative estimate of drug-likeness (QED) is 0.769. The summed E-state index contributed by atoms with van der Waals surface area (Å²) in [7, 11) is 0. The molecule has 2 aliphatic heterocycles. The molecule has 0 aromatic heterocycles. The Morgan fingerprint density at radius 2 is 2.04 bits per heavy atom. The molecule has 2 atom stereocenters. The van der Waals surface area contributed by atoms with E-state index in [4.69, 9.17) is 16.3 Å². The Morgan fingerprint density at radius 3 is 2.67 bits per heavy atom. The Hall–Kier alpha value is -1.79. The molecule has 0 spiro atoms. The highest BCUT2D eigenvalue weighted by atomic mass is 35.5. The third kappa shape index (κ3) is 2.84. The van der Waals surface area contributed by atoms with E-state index in [0.717, 1.165) is 5.56 Å². The highest BCUT2D eigenvalue weighted by Gasteiger charge is 2.46. The van der Waals surface area contributed by atoms with Gasteiger partial charge in [0.1, 0.15) is 0 Å². The monoisotopic (exact) mass is 364 g/mol. The summed E-state index contributed by atoms with van der Waals surface area (Å²) in [5.41, 5.74) is 1.78. The smallest absolute Gasteiger partial charge is 0.338 e. The number of ether oxygens (including phenoxy) is 1. The number of thioether (sulfide) groups is 1. The molecule has 0 radical (unpaired) electrons. The molecule has 24 heavy (non-hydrogen) atoms. The van der Waals surface area contributed by atoms with E-state index in [2.05, 4.69) is 4.99 Å². The lowest BCUT2D eigenvalue weighted by atomic mass is 9.94. The molecule has 5 nitrogen and oxygen atoms in total. The number of nitrogens with zero attached hydrogens (tertiary/aromatic N) is 2. The number of fused-ring (bicyclic) bond motifs is 1. The lowest BCUT2D eigenvalue weighted by molar-refractivity contribution is -0.139. The second-order valence-corrected chi connectivity index (χ2v) is 7.28. The molecule has 1 saturated heterocycles. The first kappa shape index (κ1) is 17.0. The molecule has 2 aliphatic rings. The van der Waals surface area contributed by atoms with Gasteiger partial charge in [0.25, 0.3) is 0 Å². The third-order valence-corrected chi connectivity index (χ3v) is 5.25. The Kier molecular flexibility index (Phi) is 4.69. The zero-order valence-electron chi connectivity index (χ0n) is 13.6. The third-order valence-electron chi connectivity index (χ3n) is 3.94. The minimum absolute atomic E-state index is 0.0620. The summed E-state index contributed by atoms with van der Waals surface area (Å²) in [6.45, 7) is 5.62. The number of esters is 1. The van der Waals surface area contributed by atoms with Crippen LogP contribution in [0.3, 0.4) is 0 Å². The van der Waals surface area contributed by atoms with Gasteiger partial charge in [-0.25, -0.2) is 9.79 Å². The van der Waals surface area contributed by atoms with Gasteiger partial charge in [-0.15, -0.1) is 0 Å². The number of hydrogen-bond donors (Lipinski definition) is 0. The van der Waals surface area contributed by atoms with Gasteiger partial charge in [0.05, 0.1) is 29.2 Å². The van der Waals surface area contributed by atoms with Crippen LogP contribution in [0.4, 0.5) is 0 Å². The molecule has 0 N–H and O–H groups in total.